The zero-order valence-corrected chi connectivity index (χ0v) is 11.9. The molecule has 0 aromatic carbocycles. The molecule has 19 heavy (non-hydrogen) atoms. The van der Waals surface area contributed by atoms with Gasteiger partial charge >= 0.3 is 0 Å². The second-order valence-electron chi connectivity index (χ2n) is 5.15. The van der Waals surface area contributed by atoms with Crippen LogP contribution in [0.25, 0.3) is 0 Å². The molecule has 3 rings (SSSR count). The fraction of sp³-hybridized carbons (Fsp3) is 0.643. The van der Waals surface area contributed by atoms with Gasteiger partial charge in [0.05, 0.1) is 25.8 Å². The molecule has 1 amide bonds. The van der Waals surface area contributed by atoms with Crippen LogP contribution in [-0.4, -0.2) is 55.1 Å². The summed E-state index contributed by atoms with van der Waals surface area (Å²) in [6.45, 7) is 4.72. The minimum absolute atomic E-state index is 0.276. The number of nitrogens with zero attached hydrogens (tertiary/aromatic N) is 2. The lowest BCUT2D eigenvalue weighted by molar-refractivity contribution is -0.134. The molecule has 0 unspecified atom stereocenters. The first-order valence-electron chi connectivity index (χ1n) is 6.97. The van der Waals surface area contributed by atoms with Gasteiger partial charge in [0.25, 0.3) is 0 Å². The van der Waals surface area contributed by atoms with Crippen LogP contribution in [0.5, 0.6) is 0 Å². The van der Waals surface area contributed by atoms with E-state index in [2.05, 4.69) is 27.3 Å². The number of likely N-dealkylation sites (tertiary alicyclic amines) is 1. The van der Waals surface area contributed by atoms with Crippen LogP contribution in [-0.2, 0) is 9.53 Å². The molecule has 0 bridgehead atoms. The van der Waals surface area contributed by atoms with E-state index in [1.165, 1.54) is 4.88 Å². The van der Waals surface area contributed by atoms with Crippen molar-refractivity contribution in [2.45, 2.75) is 18.9 Å². The molecule has 2 fully saturated rings. The first-order valence-corrected chi connectivity index (χ1v) is 7.85. The summed E-state index contributed by atoms with van der Waals surface area (Å²) in [5, 5.41) is 2.10. The van der Waals surface area contributed by atoms with Gasteiger partial charge in [-0.1, -0.05) is 6.07 Å². The van der Waals surface area contributed by atoms with Gasteiger partial charge < -0.3 is 9.64 Å². The number of carbonyl (C=O) groups is 1. The number of hydrogen-bond donors (Lipinski definition) is 0. The third-order valence-electron chi connectivity index (χ3n) is 3.91. The van der Waals surface area contributed by atoms with Gasteiger partial charge in [0.2, 0.25) is 5.91 Å². The van der Waals surface area contributed by atoms with Gasteiger partial charge in [-0.25, -0.2) is 0 Å². The van der Waals surface area contributed by atoms with Crippen molar-refractivity contribution < 1.29 is 9.53 Å². The summed E-state index contributed by atoms with van der Waals surface area (Å²) < 4.78 is 5.32. The predicted octanol–water partition coefficient (Wildman–Crippen LogP) is 1.74. The minimum atomic E-state index is 0.276. The van der Waals surface area contributed by atoms with E-state index < -0.39 is 0 Å². The Morgan fingerprint density at radius 2 is 2.21 bits per heavy atom. The first kappa shape index (κ1) is 13.1. The van der Waals surface area contributed by atoms with Crippen molar-refractivity contribution in [2.75, 3.05) is 39.4 Å². The van der Waals surface area contributed by atoms with Crippen molar-refractivity contribution in [2.24, 2.45) is 0 Å². The molecule has 2 aliphatic heterocycles. The lowest BCUT2D eigenvalue weighted by Crippen LogP contribution is -2.44. The smallest absolute Gasteiger partial charge is 0.237 e. The molecule has 5 heteroatoms. The minimum Gasteiger partial charge on any atom is -0.379 e. The van der Waals surface area contributed by atoms with Gasteiger partial charge in [-0.3, -0.25) is 9.69 Å². The van der Waals surface area contributed by atoms with Crippen LogP contribution in [0.3, 0.4) is 0 Å². The van der Waals surface area contributed by atoms with Gasteiger partial charge in [-0.2, -0.15) is 0 Å². The number of morpholine rings is 1. The zero-order valence-electron chi connectivity index (χ0n) is 11.1. The molecule has 1 atom stereocenters. The second-order valence-corrected chi connectivity index (χ2v) is 6.13. The van der Waals surface area contributed by atoms with Crippen molar-refractivity contribution >= 4 is 17.2 Å². The normalized spacial score (nSPS) is 24.8. The topological polar surface area (TPSA) is 32.8 Å². The highest BCUT2D eigenvalue weighted by Gasteiger charge is 2.31. The van der Waals surface area contributed by atoms with Crippen LogP contribution in [0.1, 0.15) is 23.8 Å². The molecular weight excluding hydrogens is 260 g/mol. The maximum Gasteiger partial charge on any atom is 0.237 e. The molecule has 104 valence electrons. The Bertz CT molecular complexity index is 415. The summed E-state index contributed by atoms with van der Waals surface area (Å²) in [5.74, 6) is 0.276. The lowest BCUT2D eigenvalue weighted by Gasteiger charge is -2.30. The predicted molar refractivity (Wildman–Crippen MR) is 75.3 cm³/mol. The van der Waals surface area contributed by atoms with E-state index in [4.69, 9.17) is 4.74 Å². The number of amides is 1. The third kappa shape index (κ3) is 2.99. The van der Waals surface area contributed by atoms with E-state index in [-0.39, 0.29) is 5.91 Å². The molecule has 0 radical (unpaired) electrons. The van der Waals surface area contributed by atoms with Crippen LogP contribution < -0.4 is 0 Å². The summed E-state index contributed by atoms with van der Waals surface area (Å²) in [4.78, 5) is 18.1. The average Bonchev–Trinajstić information content (AvgIpc) is 3.10. The summed E-state index contributed by atoms with van der Waals surface area (Å²) in [7, 11) is 0. The molecule has 0 aliphatic carbocycles. The molecule has 4 nitrogen and oxygen atoms in total. The fourth-order valence-corrected chi connectivity index (χ4v) is 3.76. The van der Waals surface area contributed by atoms with Gasteiger partial charge in [0.1, 0.15) is 0 Å². The maximum atomic E-state index is 12.5. The Morgan fingerprint density at radius 1 is 1.37 bits per heavy atom. The first-order chi connectivity index (χ1) is 9.34. The number of rotatable bonds is 3. The number of hydrogen-bond acceptors (Lipinski definition) is 4. The van der Waals surface area contributed by atoms with Gasteiger partial charge in [0.15, 0.2) is 0 Å². The molecule has 0 saturated carbocycles. The highest BCUT2D eigenvalue weighted by molar-refractivity contribution is 7.10. The van der Waals surface area contributed by atoms with E-state index in [0.717, 1.165) is 45.7 Å². The van der Waals surface area contributed by atoms with E-state index >= 15 is 0 Å². The Balaban J connectivity index is 1.62. The standard InChI is InChI=1S/C14H20N2O2S/c17-14(11-15-6-8-18-9-7-15)16-5-1-3-12(16)13-4-2-10-19-13/h2,4,10,12H,1,3,5-9,11H2/t12-/m0/s1. The lowest BCUT2D eigenvalue weighted by atomic mass is 10.2. The Labute approximate surface area is 118 Å². The monoisotopic (exact) mass is 280 g/mol. The van der Waals surface area contributed by atoms with Gasteiger partial charge in [-0.15, -0.1) is 11.3 Å². The molecule has 1 aromatic heterocycles. The average molecular weight is 280 g/mol. The zero-order chi connectivity index (χ0) is 13.1. The molecule has 2 aliphatic rings. The van der Waals surface area contributed by atoms with Crippen LogP contribution in [0.15, 0.2) is 17.5 Å². The molecule has 0 N–H and O–H groups in total. The van der Waals surface area contributed by atoms with Crippen molar-refractivity contribution in [3.05, 3.63) is 22.4 Å². The number of ether oxygens (including phenoxy) is 1. The Kier molecular flexibility index (Phi) is 4.15. The fourth-order valence-electron chi connectivity index (χ4n) is 2.88. The number of carbonyl (C=O) groups excluding carboxylic acids is 1. The van der Waals surface area contributed by atoms with Crippen LogP contribution >= 0.6 is 11.3 Å². The van der Waals surface area contributed by atoms with Crippen molar-refractivity contribution in [1.29, 1.82) is 0 Å². The highest BCUT2D eigenvalue weighted by Crippen LogP contribution is 2.34. The molecule has 1 aromatic rings. The third-order valence-corrected chi connectivity index (χ3v) is 4.88. The quantitative estimate of drug-likeness (QED) is 0.845. The Morgan fingerprint density at radius 3 is 2.95 bits per heavy atom. The van der Waals surface area contributed by atoms with Crippen LogP contribution in [0, 0.1) is 0 Å². The van der Waals surface area contributed by atoms with E-state index in [1.54, 1.807) is 11.3 Å². The van der Waals surface area contributed by atoms with E-state index in [0.29, 0.717) is 12.6 Å². The second kappa shape index (κ2) is 6.03. The SMILES string of the molecule is O=C(CN1CCOCC1)N1CCC[C@H]1c1cccs1. The molecule has 3 heterocycles. The molecule has 0 spiro atoms. The van der Waals surface area contributed by atoms with Crippen LogP contribution in [0.2, 0.25) is 0 Å². The van der Waals surface area contributed by atoms with Crippen LogP contribution in [0.4, 0.5) is 0 Å². The van der Waals surface area contributed by atoms with Gasteiger partial charge in [0, 0.05) is 24.5 Å². The van der Waals surface area contributed by atoms with Gasteiger partial charge in [-0.05, 0) is 24.3 Å². The molecule has 2 saturated heterocycles. The summed E-state index contributed by atoms with van der Waals surface area (Å²) >= 11 is 1.76. The van der Waals surface area contributed by atoms with Crippen molar-refractivity contribution in [1.82, 2.24) is 9.80 Å². The maximum absolute atomic E-state index is 12.5. The highest BCUT2D eigenvalue weighted by atomic mass is 32.1. The summed E-state index contributed by atoms with van der Waals surface area (Å²) in [6, 6.07) is 4.53. The Hall–Kier alpha value is -0.910. The number of thiophene rings is 1. The molecular formula is C14H20N2O2S. The van der Waals surface area contributed by atoms with Crippen molar-refractivity contribution in [3.63, 3.8) is 0 Å². The van der Waals surface area contributed by atoms with E-state index in [9.17, 15) is 4.79 Å². The van der Waals surface area contributed by atoms with Crippen molar-refractivity contribution in [3.8, 4) is 0 Å². The van der Waals surface area contributed by atoms with E-state index in [1.807, 2.05) is 0 Å². The summed E-state index contributed by atoms with van der Waals surface area (Å²) in [5.41, 5.74) is 0. The summed E-state index contributed by atoms with van der Waals surface area (Å²) in [6.07, 6.45) is 2.23. The largest absolute Gasteiger partial charge is 0.379 e.